The number of piperidine rings is 1. The monoisotopic (exact) mass is 514 g/mol. The van der Waals surface area contributed by atoms with E-state index >= 15 is 0 Å². The van der Waals surface area contributed by atoms with E-state index in [2.05, 4.69) is 25.3 Å². The van der Waals surface area contributed by atoms with Crippen molar-refractivity contribution in [1.29, 1.82) is 0 Å². The molecule has 180 valence electrons. The Labute approximate surface area is 210 Å². The van der Waals surface area contributed by atoms with E-state index in [0.29, 0.717) is 52.5 Å². The third-order valence-corrected chi connectivity index (χ3v) is 6.37. The molecule has 0 spiro atoms. The molecule has 0 bridgehead atoms. The van der Waals surface area contributed by atoms with E-state index in [1.54, 1.807) is 47.6 Å². The number of aromatic nitrogens is 4. The Morgan fingerprint density at radius 2 is 2.11 bits per heavy atom. The number of rotatable bonds is 5. The van der Waals surface area contributed by atoms with E-state index in [1.165, 1.54) is 0 Å². The number of nitrogens with zero attached hydrogens (tertiary/aromatic N) is 4. The fraction of sp³-hybridized carbons (Fsp3) is 0.250. The molecule has 0 aliphatic carbocycles. The average molecular weight is 515 g/mol. The van der Waals surface area contributed by atoms with Crippen LogP contribution >= 0.6 is 23.2 Å². The van der Waals surface area contributed by atoms with Crippen molar-refractivity contribution in [2.75, 3.05) is 25.0 Å². The number of hydrogen-bond donors (Lipinski definition) is 2. The number of aromatic amines is 1. The molecule has 0 radical (unpaired) electrons. The molecule has 0 saturated carbocycles. The van der Waals surface area contributed by atoms with Gasteiger partial charge in [-0.3, -0.25) is 0 Å². The van der Waals surface area contributed by atoms with Crippen molar-refractivity contribution in [3.05, 3.63) is 64.8 Å². The van der Waals surface area contributed by atoms with Crippen LogP contribution in [-0.4, -0.2) is 50.6 Å². The van der Waals surface area contributed by atoms with Crippen LogP contribution in [-0.2, 0) is 0 Å². The number of pyridine rings is 1. The van der Waals surface area contributed by atoms with Gasteiger partial charge in [0.25, 0.3) is 0 Å². The molecule has 5 rings (SSSR count). The number of anilines is 1. The second-order valence-corrected chi connectivity index (χ2v) is 9.12. The second-order valence-electron chi connectivity index (χ2n) is 8.28. The number of benzene rings is 1. The summed E-state index contributed by atoms with van der Waals surface area (Å²) in [6.45, 7) is 1.50. The average Bonchev–Trinajstić information content (AvgIpc) is 3.28. The molecule has 11 heteroatoms. The molecule has 2 N–H and O–H groups in total. The maximum atomic E-state index is 14.5. The van der Waals surface area contributed by atoms with Gasteiger partial charge < -0.3 is 19.9 Å². The largest absolute Gasteiger partial charge is 0.415 e. The highest BCUT2D eigenvalue weighted by atomic mass is 35.5. The van der Waals surface area contributed by atoms with Gasteiger partial charge in [-0.15, -0.1) is 0 Å². The Kier molecular flexibility index (Phi) is 6.70. The van der Waals surface area contributed by atoms with Gasteiger partial charge in [-0.25, -0.2) is 24.1 Å². The Bertz CT molecular complexity index is 1380. The normalized spacial score (nSPS) is 15.9. The molecule has 35 heavy (non-hydrogen) atoms. The lowest BCUT2D eigenvalue weighted by atomic mass is 9.98. The number of hydrogen-bond acceptors (Lipinski definition) is 6. The minimum absolute atomic E-state index is 0.0927. The summed E-state index contributed by atoms with van der Waals surface area (Å²) in [7, 11) is 0. The number of carbonyl (C=O) groups excluding carboxylic acids is 1. The Balaban J connectivity index is 1.26. The number of nitrogens with one attached hydrogen (secondary N) is 2. The highest BCUT2D eigenvalue weighted by Gasteiger charge is 2.26. The fourth-order valence-corrected chi connectivity index (χ4v) is 4.44. The van der Waals surface area contributed by atoms with Crippen LogP contribution < -0.4 is 10.1 Å². The Hall–Kier alpha value is -3.43. The molecular weight excluding hydrogens is 494 g/mol. The van der Waals surface area contributed by atoms with Gasteiger partial charge in [0.2, 0.25) is 0 Å². The summed E-state index contributed by atoms with van der Waals surface area (Å²) in [5, 5.41) is 4.68. The predicted molar refractivity (Wildman–Crippen MR) is 132 cm³/mol. The van der Waals surface area contributed by atoms with Crippen molar-refractivity contribution < 1.29 is 13.9 Å². The first-order valence-electron chi connectivity index (χ1n) is 11.1. The van der Waals surface area contributed by atoms with E-state index in [9.17, 15) is 9.18 Å². The van der Waals surface area contributed by atoms with Gasteiger partial charge >= 0.3 is 6.09 Å². The van der Waals surface area contributed by atoms with Crippen LogP contribution in [0.4, 0.5) is 15.0 Å². The topological polar surface area (TPSA) is 96.0 Å². The molecule has 1 aliphatic rings. The predicted octanol–water partition coefficient (Wildman–Crippen LogP) is 5.79. The summed E-state index contributed by atoms with van der Waals surface area (Å²) in [4.78, 5) is 30.1. The highest BCUT2D eigenvalue weighted by Crippen LogP contribution is 2.29. The zero-order valence-corrected chi connectivity index (χ0v) is 20.0. The molecule has 3 aromatic heterocycles. The third-order valence-electron chi connectivity index (χ3n) is 5.85. The molecule has 1 aromatic carbocycles. The van der Waals surface area contributed by atoms with Crippen molar-refractivity contribution >= 4 is 46.1 Å². The number of likely N-dealkylation sites (tertiary alicyclic amines) is 1. The maximum Gasteiger partial charge on any atom is 0.415 e. The van der Waals surface area contributed by atoms with Gasteiger partial charge in [-0.05, 0) is 37.0 Å². The second kappa shape index (κ2) is 10.1. The van der Waals surface area contributed by atoms with Crippen LogP contribution in [0.25, 0.3) is 22.4 Å². The van der Waals surface area contributed by atoms with Gasteiger partial charge in [-0.2, -0.15) is 0 Å². The number of carbonyl (C=O) groups is 1. The van der Waals surface area contributed by atoms with Crippen molar-refractivity contribution in [3.63, 3.8) is 0 Å². The first-order valence-corrected chi connectivity index (χ1v) is 11.8. The van der Waals surface area contributed by atoms with Crippen molar-refractivity contribution in [3.8, 4) is 17.1 Å². The number of fused-ring (bicyclic) bond motifs is 1. The molecule has 1 unspecified atom stereocenters. The Morgan fingerprint density at radius 3 is 2.97 bits per heavy atom. The van der Waals surface area contributed by atoms with Crippen LogP contribution in [0.15, 0.2) is 48.9 Å². The molecule has 8 nitrogen and oxygen atoms in total. The van der Waals surface area contributed by atoms with Crippen LogP contribution in [0.2, 0.25) is 10.0 Å². The van der Waals surface area contributed by atoms with E-state index in [1.807, 2.05) is 0 Å². The number of halogens is 3. The van der Waals surface area contributed by atoms with Gasteiger partial charge in [0, 0.05) is 43.0 Å². The van der Waals surface area contributed by atoms with Gasteiger partial charge in [0.1, 0.15) is 5.65 Å². The van der Waals surface area contributed by atoms with Crippen molar-refractivity contribution in [1.82, 2.24) is 24.8 Å². The molecule has 1 saturated heterocycles. The van der Waals surface area contributed by atoms with Crippen LogP contribution in [0.5, 0.6) is 5.75 Å². The summed E-state index contributed by atoms with van der Waals surface area (Å²) < 4.78 is 20.0. The van der Waals surface area contributed by atoms with Gasteiger partial charge in [0.15, 0.2) is 23.2 Å². The first-order chi connectivity index (χ1) is 17.0. The summed E-state index contributed by atoms with van der Waals surface area (Å²) in [6.07, 6.45) is 5.63. The zero-order valence-electron chi connectivity index (χ0n) is 18.5. The maximum absolute atomic E-state index is 14.5. The van der Waals surface area contributed by atoms with Crippen molar-refractivity contribution in [2.45, 2.75) is 12.8 Å². The summed E-state index contributed by atoms with van der Waals surface area (Å²) in [5.41, 5.74) is 1.31. The molecule has 1 amide bonds. The lowest BCUT2D eigenvalue weighted by Gasteiger charge is -2.32. The number of amides is 1. The van der Waals surface area contributed by atoms with Gasteiger partial charge in [0.05, 0.1) is 16.2 Å². The molecule has 4 aromatic rings. The minimum Gasteiger partial charge on any atom is -0.409 e. The van der Waals surface area contributed by atoms with E-state index in [0.717, 1.165) is 24.4 Å². The van der Waals surface area contributed by atoms with Crippen LogP contribution in [0.3, 0.4) is 0 Å². The van der Waals surface area contributed by atoms with Gasteiger partial charge in [-0.1, -0.05) is 35.3 Å². The molecule has 1 fully saturated rings. The van der Waals surface area contributed by atoms with Crippen LogP contribution in [0, 0.1) is 11.7 Å². The molecule has 4 heterocycles. The fourth-order valence-electron chi connectivity index (χ4n) is 4.11. The minimum atomic E-state index is -0.560. The lowest BCUT2D eigenvalue weighted by molar-refractivity contribution is 0.128. The molecule has 1 atom stereocenters. The van der Waals surface area contributed by atoms with E-state index in [4.69, 9.17) is 27.9 Å². The number of para-hydroxylation sites is 1. The Morgan fingerprint density at radius 1 is 1.26 bits per heavy atom. The lowest BCUT2D eigenvalue weighted by Crippen LogP contribution is -2.43. The first kappa shape index (κ1) is 23.3. The summed E-state index contributed by atoms with van der Waals surface area (Å²) in [6, 6.07) is 8.59. The highest BCUT2D eigenvalue weighted by molar-refractivity contribution is 6.32. The SMILES string of the molecule is O=C(Oc1ccccc1Cl)N1CCCC(CNc2nc(-c3c[nH]c4ncc(Cl)cc34)ncc2F)C1. The summed E-state index contributed by atoms with van der Waals surface area (Å²) >= 11 is 12.2. The van der Waals surface area contributed by atoms with Crippen molar-refractivity contribution in [2.24, 2.45) is 5.92 Å². The molecular formula is C24H21Cl2FN6O2. The molecule has 1 aliphatic heterocycles. The third kappa shape index (κ3) is 5.16. The number of ether oxygens (including phenoxy) is 1. The quantitative estimate of drug-likeness (QED) is 0.350. The number of H-pyrrole nitrogens is 1. The smallest absolute Gasteiger partial charge is 0.409 e. The zero-order chi connectivity index (χ0) is 24.4. The van der Waals surface area contributed by atoms with Crippen LogP contribution in [0.1, 0.15) is 12.8 Å². The van der Waals surface area contributed by atoms with E-state index < -0.39 is 11.9 Å². The van der Waals surface area contributed by atoms with E-state index in [-0.39, 0.29) is 11.7 Å². The summed E-state index contributed by atoms with van der Waals surface area (Å²) in [5.74, 6) is 0.295. The standard InChI is InChI=1S/C24H21Cl2FN6O2/c25-15-8-16-17(11-30-21(16)29-10-15)22-31-12-19(27)23(32-22)28-9-14-4-3-7-33(13-14)24(34)35-20-6-2-1-5-18(20)26/h1-2,5-6,8,10-12,14H,3-4,7,9,13H2,(H,29,30)(H,28,31,32).